The molecule has 0 atom stereocenters. The van der Waals surface area contributed by atoms with Gasteiger partial charge >= 0.3 is 0 Å². The highest BCUT2D eigenvalue weighted by atomic mass is 14.3. The monoisotopic (exact) mass is 201 g/mol. The second kappa shape index (κ2) is 6.24. The summed E-state index contributed by atoms with van der Waals surface area (Å²) in [5.74, 6) is 0. The van der Waals surface area contributed by atoms with E-state index in [-0.39, 0.29) is 0 Å². The molecule has 0 unspecified atom stereocenters. The average Bonchev–Trinajstić information content (AvgIpc) is 2.29. The summed E-state index contributed by atoms with van der Waals surface area (Å²) in [5.41, 5.74) is 3.33. The van der Waals surface area contributed by atoms with E-state index >= 15 is 0 Å². The van der Waals surface area contributed by atoms with E-state index in [9.17, 15) is 0 Å². The van der Waals surface area contributed by atoms with E-state index in [4.69, 9.17) is 5.26 Å². The van der Waals surface area contributed by atoms with Crippen molar-refractivity contribution in [3.63, 3.8) is 0 Å². The summed E-state index contributed by atoms with van der Waals surface area (Å²) in [6.07, 6.45) is 5.67. The zero-order chi connectivity index (χ0) is 11.1. The largest absolute Gasteiger partial charge is 0.192 e. The summed E-state index contributed by atoms with van der Waals surface area (Å²) in [6, 6.07) is 8.56. The highest BCUT2D eigenvalue weighted by Crippen LogP contribution is 2.17. The van der Waals surface area contributed by atoms with Gasteiger partial charge in [0.15, 0.2) is 0 Å². The third-order valence-corrected chi connectivity index (χ3v) is 2.78. The normalized spacial score (nSPS) is 9.93. The van der Waals surface area contributed by atoms with Crippen LogP contribution in [-0.2, 0) is 12.8 Å². The molecule has 0 saturated carbocycles. The Labute approximate surface area is 92.7 Å². The van der Waals surface area contributed by atoms with Crippen molar-refractivity contribution in [1.29, 1.82) is 5.26 Å². The number of nitriles is 1. The smallest absolute Gasteiger partial charge is 0.0997 e. The fourth-order valence-electron chi connectivity index (χ4n) is 1.87. The molecule has 15 heavy (non-hydrogen) atoms. The zero-order valence-electron chi connectivity index (χ0n) is 9.71. The van der Waals surface area contributed by atoms with Crippen LogP contribution >= 0.6 is 0 Å². The molecule has 0 saturated heterocycles. The van der Waals surface area contributed by atoms with Crippen molar-refractivity contribution in [1.82, 2.24) is 0 Å². The Kier molecular flexibility index (Phi) is 4.90. The molecule has 0 aliphatic rings. The van der Waals surface area contributed by atoms with E-state index in [0.29, 0.717) is 0 Å². The van der Waals surface area contributed by atoms with Gasteiger partial charge in [0, 0.05) is 0 Å². The number of hydrogen-bond donors (Lipinski definition) is 0. The molecule has 1 rings (SSSR count). The van der Waals surface area contributed by atoms with Gasteiger partial charge in [-0.15, -0.1) is 0 Å². The van der Waals surface area contributed by atoms with Gasteiger partial charge in [0.25, 0.3) is 0 Å². The number of aryl methyl sites for hydroxylation is 2. The molecule has 0 heterocycles. The molecule has 0 fully saturated rings. The molecule has 0 radical (unpaired) electrons. The minimum absolute atomic E-state index is 0.913. The highest BCUT2D eigenvalue weighted by molar-refractivity contribution is 5.44. The lowest BCUT2D eigenvalue weighted by atomic mass is 9.96. The van der Waals surface area contributed by atoms with Gasteiger partial charge < -0.3 is 0 Å². The predicted molar refractivity (Wildman–Crippen MR) is 63.8 cm³/mol. The van der Waals surface area contributed by atoms with Gasteiger partial charge in [-0.1, -0.05) is 44.9 Å². The molecule has 0 bridgehead atoms. The summed E-state index contributed by atoms with van der Waals surface area (Å²) in [5, 5.41) is 9.14. The maximum absolute atomic E-state index is 9.14. The fraction of sp³-hybridized carbons (Fsp3) is 0.500. The summed E-state index contributed by atoms with van der Waals surface area (Å²) >= 11 is 0. The number of benzene rings is 1. The lowest BCUT2D eigenvalue weighted by Gasteiger charge is -2.07. The Balaban J connectivity index is 2.83. The van der Waals surface area contributed by atoms with Crippen molar-refractivity contribution in [3.8, 4) is 6.07 Å². The van der Waals surface area contributed by atoms with Crippen LogP contribution in [0.3, 0.4) is 0 Å². The molecule has 1 aromatic carbocycles. The van der Waals surface area contributed by atoms with E-state index in [2.05, 4.69) is 38.1 Å². The lowest BCUT2D eigenvalue weighted by molar-refractivity contribution is 0.716. The molecule has 0 N–H and O–H groups in total. The third kappa shape index (κ3) is 3.09. The highest BCUT2D eigenvalue weighted by Gasteiger charge is 2.05. The predicted octanol–water partition coefficient (Wildman–Crippen LogP) is 3.85. The molecule has 1 heteroatoms. The van der Waals surface area contributed by atoms with Crippen LogP contribution in [0.2, 0.25) is 0 Å². The van der Waals surface area contributed by atoms with Crippen molar-refractivity contribution in [3.05, 3.63) is 34.9 Å². The van der Waals surface area contributed by atoms with Gasteiger partial charge in [-0.25, -0.2) is 0 Å². The van der Waals surface area contributed by atoms with E-state index < -0.39 is 0 Å². The van der Waals surface area contributed by atoms with Gasteiger partial charge in [0.2, 0.25) is 0 Å². The van der Waals surface area contributed by atoms with Gasteiger partial charge in [-0.2, -0.15) is 5.26 Å². The molecule has 0 aromatic heterocycles. The quantitative estimate of drug-likeness (QED) is 0.664. The fourth-order valence-corrected chi connectivity index (χ4v) is 1.87. The van der Waals surface area contributed by atoms with Crippen LogP contribution in [0, 0.1) is 11.3 Å². The Morgan fingerprint density at radius 3 is 2.47 bits per heavy atom. The molecule has 0 aliphatic carbocycles. The van der Waals surface area contributed by atoms with Crippen molar-refractivity contribution >= 4 is 0 Å². The Morgan fingerprint density at radius 1 is 1.13 bits per heavy atom. The first kappa shape index (κ1) is 11.8. The molecule has 1 aromatic rings. The Morgan fingerprint density at radius 2 is 1.87 bits per heavy atom. The molecular formula is C14H19N. The first-order chi connectivity index (χ1) is 7.33. The van der Waals surface area contributed by atoms with Gasteiger partial charge in [-0.3, -0.25) is 0 Å². The van der Waals surface area contributed by atoms with E-state index in [1.165, 1.54) is 30.4 Å². The van der Waals surface area contributed by atoms with Crippen molar-refractivity contribution in [2.45, 2.75) is 46.0 Å². The van der Waals surface area contributed by atoms with Crippen molar-refractivity contribution < 1.29 is 0 Å². The SMILES string of the molecule is CCCCCc1cccc(CC)c1C#N. The maximum atomic E-state index is 9.14. The minimum atomic E-state index is 0.913. The van der Waals surface area contributed by atoms with Crippen LogP contribution in [-0.4, -0.2) is 0 Å². The van der Waals surface area contributed by atoms with E-state index in [1.807, 2.05) is 0 Å². The maximum Gasteiger partial charge on any atom is 0.0997 e. The number of unbranched alkanes of at least 4 members (excludes halogenated alkanes) is 2. The molecule has 80 valence electrons. The molecule has 0 spiro atoms. The van der Waals surface area contributed by atoms with Crippen molar-refractivity contribution in [2.75, 3.05) is 0 Å². The van der Waals surface area contributed by atoms with Crippen LogP contribution in [0.25, 0.3) is 0 Å². The summed E-state index contributed by atoms with van der Waals surface area (Å²) in [6.45, 7) is 4.31. The summed E-state index contributed by atoms with van der Waals surface area (Å²) in [7, 11) is 0. The first-order valence-electron chi connectivity index (χ1n) is 5.84. The van der Waals surface area contributed by atoms with E-state index in [0.717, 1.165) is 18.4 Å². The summed E-state index contributed by atoms with van der Waals surface area (Å²) < 4.78 is 0. The Hall–Kier alpha value is -1.29. The van der Waals surface area contributed by atoms with Gasteiger partial charge in [-0.05, 0) is 30.4 Å². The first-order valence-corrected chi connectivity index (χ1v) is 5.84. The second-order valence-corrected chi connectivity index (χ2v) is 3.87. The Bertz CT molecular complexity index is 347. The molecular weight excluding hydrogens is 182 g/mol. The van der Waals surface area contributed by atoms with Gasteiger partial charge in [0.1, 0.15) is 0 Å². The standard InChI is InChI=1S/C14H19N/c1-3-5-6-8-13-10-7-9-12(4-2)14(13)11-15/h7,9-10H,3-6,8H2,1-2H3. The molecule has 1 nitrogen and oxygen atoms in total. The molecule has 0 amide bonds. The van der Waals surface area contributed by atoms with Crippen LogP contribution in [0.1, 0.15) is 49.8 Å². The van der Waals surface area contributed by atoms with Gasteiger partial charge in [0.05, 0.1) is 11.6 Å². The van der Waals surface area contributed by atoms with Crippen molar-refractivity contribution in [2.24, 2.45) is 0 Å². The van der Waals surface area contributed by atoms with Crippen LogP contribution in [0.15, 0.2) is 18.2 Å². The van der Waals surface area contributed by atoms with Crippen LogP contribution < -0.4 is 0 Å². The third-order valence-electron chi connectivity index (χ3n) is 2.78. The average molecular weight is 201 g/mol. The second-order valence-electron chi connectivity index (χ2n) is 3.87. The topological polar surface area (TPSA) is 23.8 Å². The van der Waals surface area contributed by atoms with Crippen LogP contribution in [0.4, 0.5) is 0 Å². The zero-order valence-corrected chi connectivity index (χ0v) is 9.71. The minimum Gasteiger partial charge on any atom is -0.192 e. The van der Waals surface area contributed by atoms with Crippen LogP contribution in [0.5, 0.6) is 0 Å². The number of hydrogen-bond acceptors (Lipinski definition) is 1. The molecule has 0 aliphatic heterocycles. The number of rotatable bonds is 5. The van der Waals surface area contributed by atoms with E-state index in [1.54, 1.807) is 0 Å². The number of nitrogens with zero attached hydrogens (tertiary/aromatic N) is 1. The lowest BCUT2D eigenvalue weighted by Crippen LogP contribution is -1.95. The summed E-state index contributed by atoms with van der Waals surface area (Å²) in [4.78, 5) is 0.